The minimum Gasteiger partial charge on any atom is -0.472 e. The molecule has 0 aromatic carbocycles. The molecule has 3 heterocycles. The fraction of sp³-hybridized carbons (Fsp3) is 0.200. The summed E-state index contributed by atoms with van der Waals surface area (Å²) in [5, 5.41) is 9.45. The number of amides is 1. The van der Waals surface area contributed by atoms with Crippen molar-refractivity contribution in [3.05, 3.63) is 53.4 Å². The van der Waals surface area contributed by atoms with Crippen molar-refractivity contribution < 1.29 is 9.21 Å². The Kier molecular flexibility index (Phi) is 3.87. The molecule has 0 spiro atoms. The van der Waals surface area contributed by atoms with Crippen molar-refractivity contribution in [1.82, 2.24) is 15.1 Å². The second-order valence-corrected chi connectivity index (χ2v) is 5.59. The number of nitrogens with zero attached hydrogens (tertiary/aromatic N) is 2. The summed E-state index contributed by atoms with van der Waals surface area (Å²) in [5.41, 5.74) is 2.59. The van der Waals surface area contributed by atoms with Crippen LogP contribution in [0.3, 0.4) is 0 Å². The molecule has 0 saturated heterocycles. The van der Waals surface area contributed by atoms with Crippen molar-refractivity contribution in [3.63, 3.8) is 0 Å². The lowest BCUT2D eigenvalue weighted by Gasteiger charge is -2.05. The normalized spacial score (nSPS) is 10.7. The summed E-state index contributed by atoms with van der Waals surface area (Å²) in [4.78, 5) is 12.9. The monoisotopic (exact) mass is 301 g/mol. The van der Waals surface area contributed by atoms with Crippen LogP contribution in [0.15, 0.2) is 46.6 Å². The second-order valence-electron chi connectivity index (χ2n) is 4.64. The molecule has 3 aromatic heterocycles. The average molecular weight is 301 g/mol. The zero-order valence-corrected chi connectivity index (χ0v) is 12.4. The number of nitrogens with one attached hydrogen (secondary N) is 1. The predicted octanol–water partition coefficient (Wildman–Crippen LogP) is 2.94. The maximum Gasteiger partial charge on any atom is 0.254 e. The number of aromatic nitrogens is 2. The minimum atomic E-state index is -0.132. The van der Waals surface area contributed by atoms with E-state index in [2.05, 4.69) is 22.5 Å². The Bertz CT molecular complexity index is 714. The summed E-state index contributed by atoms with van der Waals surface area (Å²) in [7, 11) is 0. The summed E-state index contributed by atoms with van der Waals surface area (Å²) in [6, 6.07) is 7.77. The van der Waals surface area contributed by atoms with E-state index >= 15 is 0 Å². The van der Waals surface area contributed by atoms with Gasteiger partial charge < -0.3 is 9.73 Å². The molecule has 0 atom stereocenters. The van der Waals surface area contributed by atoms with Crippen molar-refractivity contribution in [2.24, 2.45) is 0 Å². The molecule has 0 saturated carbocycles. The van der Waals surface area contributed by atoms with Crippen LogP contribution < -0.4 is 5.32 Å². The molecular formula is C15H15N3O2S. The highest BCUT2D eigenvalue weighted by molar-refractivity contribution is 7.13. The molecule has 5 nitrogen and oxygen atoms in total. The second kappa shape index (κ2) is 5.97. The van der Waals surface area contributed by atoms with Gasteiger partial charge in [-0.05, 0) is 30.5 Å². The van der Waals surface area contributed by atoms with Gasteiger partial charge in [-0.3, -0.25) is 9.48 Å². The maximum absolute atomic E-state index is 11.8. The van der Waals surface area contributed by atoms with E-state index in [1.165, 1.54) is 12.5 Å². The highest BCUT2D eigenvalue weighted by Gasteiger charge is 2.09. The largest absolute Gasteiger partial charge is 0.472 e. The van der Waals surface area contributed by atoms with E-state index in [0.717, 1.165) is 16.3 Å². The topological polar surface area (TPSA) is 60.1 Å². The van der Waals surface area contributed by atoms with Gasteiger partial charge in [0.25, 0.3) is 5.91 Å². The zero-order valence-electron chi connectivity index (χ0n) is 11.6. The average Bonchev–Trinajstić information content (AvgIpc) is 3.20. The molecule has 1 N–H and O–H groups in total. The SMILES string of the molecule is Cc1cc(-c2cccs2)nn1CCNC(=O)c1ccoc1. The molecule has 108 valence electrons. The maximum atomic E-state index is 11.8. The molecule has 3 rings (SSSR count). The van der Waals surface area contributed by atoms with Crippen LogP contribution >= 0.6 is 11.3 Å². The first-order chi connectivity index (χ1) is 10.2. The fourth-order valence-electron chi connectivity index (χ4n) is 2.05. The molecule has 3 aromatic rings. The first-order valence-corrected chi connectivity index (χ1v) is 7.51. The summed E-state index contributed by atoms with van der Waals surface area (Å²) >= 11 is 1.67. The van der Waals surface area contributed by atoms with Crippen LogP contribution in [0.4, 0.5) is 0 Å². The molecule has 0 fully saturated rings. The Hall–Kier alpha value is -2.34. The zero-order chi connectivity index (χ0) is 14.7. The summed E-state index contributed by atoms with van der Waals surface area (Å²) in [6.07, 6.45) is 2.92. The van der Waals surface area contributed by atoms with Crippen molar-refractivity contribution >= 4 is 17.2 Å². The summed E-state index contributed by atoms with van der Waals surface area (Å²) in [5.74, 6) is -0.132. The number of hydrogen-bond acceptors (Lipinski definition) is 4. The van der Waals surface area contributed by atoms with Crippen molar-refractivity contribution in [2.75, 3.05) is 6.54 Å². The highest BCUT2D eigenvalue weighted by atomic mass is 32.1. The third-order valence-corrected chi connectivity index (χ3v) is 4.04. The fourth-order valence-corrected chi connectivity index (χ4v) is 2.73. The van der Waals surface area contributed by atoms with E-state index < -0.39 is 0 Å². The van der Waals surface area contributed by atoms with E-state index in [4.69, 9.17) is 4.42 Å². The molecule has 0 aliphatic heterocycles. The minimum absolute atomic E-state index is 0.132. The van der Waals surface area contributed by atoms with Crippen LogP contribution in [-0.4, -0.2) is 22.2 Å². The molecule has 0 unspecified atom stereocenters. The van der Waals surface area contributed by atoms with Crippen molar-refractivity contribution in [1.29, 1.82) is 0 Å². The first-order valence-electron chi connectivity index (χ1n) is 6.63. The van der Waals surface area contributed by atoms with Crippen LogP contribution in [0.1, 0.15) is 16.1 Å². The van der Waals surface area contributed by atoms with E-state index in [1.54, 1.807) is 17.4 Å². The van der Waals surface area contributed by atoms with Gasteiger partial charge in [0.05, 0.1) is 23.2 Å². The lowest BCUT2D eigenvalue weighted by Crippen LogP contribution is -2.27. The van der Waals surface area contributed by atoms with Gasteiger partial charge in [0.2, 0.25) is 0 Å². The van der Waals surface area contributed by atoms with Gasteiger partial charge in [0.15, 0.2) is 0 Å². The number of furan rings is 1. The Morgan fingerprint density at radius 3 is 3.10 bits per heavy atom. The molecule has 0 bridgehead atoms. The van der Waals surface area contributed by atoms with Crippen LogP contribution in [0.5, 0.6) is 0 Å². The van der Waals surface area contributed by atoms with Gasteiger partial charge in [-0.1, -0.05) is 6.07 Å². The standard InChI is InChI=1S/C15H15N3O2S/c1-11-9-13(14-3-2-8-21-14)17-18(11)6-5-16-15(19)12-4-7-20-10-12/h2-4,7-10H,5-6H2,1H3,(H,16,19). The molecule has 21 heavy (non-hydrogen) atoms. The number of aryl methyl sites for hydroxylation is 1. The number of carbonyl (C=O) groups is 1. The highest BCUT2D eigenvalue weighted by Crippen LogP contribution is 2.23. The van der Waals surface area contributed by atoms with Crippen LogP contribution in [0.2, 0.25) is 0 Å². The van der Waals surface area contributed by atoms with Crippen LogP contribution in [0.25, 0.3) is 10.6 Å². The lowest BCUT2D eigenvalue weighted by atomic mass is 10.3. The van der Waals surface area contributed by atoms with Gasteiger partial charge in [0, 0.05) is 12.2 Å². The number of thiophene rings is 1. The Morgan fingerprint density at radius 2 is 2.38 bits per heavy atom. The van der Waals surface area contributed by atoms with Gasteiger partial charge in [-0.2, -0.15) is 5.10 Å². The van der Waals surface area contributed by atoms with E-state index in [9.17, 15) is 4.79 Å². The summed E-state index contributed by atoms with van der Waals surface area (Å²) in [6.45, 7) is 3.18. The van der Waals surface area contributed by atoms with E-state index in [0.29, 0.717) is 18.7 Å². The Balaban J connectivity index is 1.60. The van der Waals surface area contributed by atoms with Crippen molar-refractivity contribution in [3.8, 4) is 10.6 Å². The van der Waals surface area contributed by atoms with Gasteiger partial charge in [-0.15, -0.1) is 11.3 Å². The van der Waals surface area contributed by atoms with Crippen LogP contribution in [-0.2, 0) is 6.54 Å². The Morgan fingerprint density at radius 1 is 1.48 bits per heavy atom. The predicted molar refractivity (Wildman–Crippen MR) is 81.3 cm³/mol. The van der Waals surface area contributed by atoms with Crippen molar-refractivity contribution in [2.45, 2.75) is 13.5 Å². The first kappa shape index (κ1) is 13.6. The van der Waals surface area contributed by atoms with Crippen LogP contribution in [0, 0.1) is 6.92 Å². The number of rotatable bonds is 5. The Labute approximate surface area is 126 Å². The third kappa shape index (κ3) is 3.05. The van der Waals surface area contributed by atoms with Gasteiger partial charge in [0.1, 0.15) is 12.0 Å². The van der Waals surface area contributed by atoms with E-state index in [1.807, 2.05) is 23.1 Å². The molecule has 0 radical (unpaired) electrons. The van der Waals surface area contributed by atoms with E-state index in [-0.39, 0.29) is 5.91 Å². The molecule has 0 aliphatic carbocycles. The third-order valence-electron chi connectivity index (χ3n) is 3.15. The summed E-state index contributed by atoms with van der Waals surface area (Å²) < 4.78 is 6.79. The number of carbonyl (C=O) groups excluding carboxylic acids is 1. The lowest BCUT2D eigenvalue weighted by molar-refractivity contribution is 0.0951. The molecule has 0 aliphatic rings. The number of hydrogen-bond donors (Lipinski definition) is 1. The molecule has 6 heteroatoms. The molecular weight excluding hydrogens is 286 g/mol. The smallest absolute Gasteiger partial charge is 0.254 e. The molecule has 1 amide bonds. The van der Waals surface area contributed by atoms with Gasteiger partial charge >= 0.3 is 0 Å². The quantitative estimate of drug-likeness (QED) is 0.788. The van der Waals surface area contributed by atoms with Gasteiger partial charge in [-0.25, -0.2) is 0 Å².